The van der Waals surface area contributed by atoms with Gasteiger partial charge < -0.3 is 4.74 Å². The lowest BCUT2D eigenvalue weighted by Gasteiger charge is -1.99. The van der Waals surface area contributed by atoms with Gasteiger partial charge in [0.2, 0.25) is 3.79 Å². The molecule has 0 aromatic heterocycles. The number of benzene rings is 1. The number of carbonyl (C=O) groups is 1. The zero-order chi connectivity index (χ0) is 8.55. The van der Waals surface area contributed by atoms with E-state index in [0.29, 0.717) is 6.61 Å². The second-order valence-corrected chi connectivity index (χ2v) is 3.77. The highest BCUT2D eigenvalue weighted by Crippen LogP contribution is 2.34. The first-order chi connectivity index (χ1) is 5.79. The molecule has 12 heavy (non-hydrogen) atoms. The first kappa shape index (κ1) is 8.04. The summed E-state index contributed by atoms with van der Waals surface area (Å²) in [5.41, 5.74) is 1.02. The first-order valence-corrected chi connectivity index (χ1v) is 4.78. The van der Waals surface area contributed by atoms with Crippen LogP contribution in [0.15, 0.2) is 24.3 Å². The summed E-state index contributed by atoms with van der Waals surface area (Å²) in [4.78, 5) is 11.1. The van der Waals surface area contributed by atoms with Gasteiger partial charge in [-0.15, -0.1) is 0 Å². The van der Waals surface area contributed by atoms with E-state index in [1.54, 1.807) is 0 Å². The average molecular weight is 274 g/mol. The molecule has 1 aromatic rings. The Morgan fingerprint density at radius 1 is 1.50 bits per heavy atom. The number of rotatable bonds is 1. The number of hydrogen-bond acceptors (Lipinski definition) is 2. The molecule has 0 bridgehead atoms. The van der Waals surface area contributed by atoms with Gasteiger partial charge in [0, 0.05) is 28.2 Å². The van der Waals surface area contributed by atoms with Gasteiger partial charge in [0.25, 0.3) is 0 Å². The molecule has 1 unspecified atom stereocenters. The minimum absolute atomic E-state index is 0.0539. The lowest BCUT2D eigenvalue weighted by molar-refractivity contribution is -0.110. The number of ether oxygens (including phenoxy) is 1. The molecule has 1 aliphatic heterocycles. The van der Waals surface area contributed by atoms with Crippen molar-refractivity contribution >= 4 is 26.4 Å². The second-order valence-electron chi connectivity index (χ2n) is 2.71. The summed E-state index contributed by atoms with van der Waals surface area (Å²) in [6.07, 6.45) is 0. The summed E-state index contributed by atoms with van der Waals surface area (Å²) in [5.74, 6) is 0.800. The van der Waals surface area contributed by atoms with Gasteiger partial charge in [-0.05, 0) is 6.07 Å². The van der Waals surface area contributed by atoms with Crippen LogP contribution >= 0.6 is 22.6 Å². The summed E-state index contributed by atoms with van der Waals surface area (Å²) in [6.45, 7) is 0.501. The quantitative estimate of drug-likeness (QED) is 0.579. The Kier molecular flexibility index (Phi) is 2.04. The number of halogens is 1. The molecule has 1 aliphatic rings. The van der Waals surface area contributed by atoms with Gasteiger partial charge >= 0.3 is 0 Å². The fraction of sp³-hybridized carbons (Fsp3) is 0.222. The van der Waals surface area contributed by atoms with Gasteiger partial charge in [-0.2, -0.15) is 0 Å². The van der Waals surface area contributed by atoms with Crippen LogP contribution < -0.4 is 4.74 Å². The molecule has 0 radical (unpaired) electrons. The van der Waals surface area contributed by atoms with Crippen molar-refractivity contribution in [1.82, 2.24) is 0 Å². The Morgan fingerprint density at radius 2 is 2.25 bits per heavy atom. The van der Waals surface area contributed by atoms with Gasteiger partial charge in [-0.1, -0.05) is 18.2 Å². The van der Waals surface area contributed by atoms with Crippen LogP contribution in [0.4, 0.5) is 0 Å². The van der Waals surface area contributed by atoms with E-state index in [-0.39, 0.29) is 9.71 Å². The second kappa shape index (κ2) is 3.05. The molecule has 0 fully saturated rings. The molecule has 62 valence electrons. The Morgan fingerprint density at radius 3 is 3.00 bits per heavy atom. The Hall–Kier alpha value is -0.580. The Labute approximate surface area is 84.1 Å². The van der Waals surface area contributed by atoms with Crippen LogP contribution in [0.2, 0.25) is 0 Å². The number of hydrogen-bond donors (Lipinski definition) is 0. The topological polar surface area (TPSA) is 26.3 Å². The summed E-state index contributed by atoms with van der Waals surface area (Å²) in [5, 5.41) is 0. The normalized spacial score (nSPS) is 19.9. The van der Waals surface area contributed by atoms with Crippen LogP contribution in [0.25, 0.3) is 0 Å². The van der Waals surface area contributed by atoms with Gasteiger partial charge in [-0.25, -0.2) is 0 Å². The maximum Gasteiger partial charge on any atom is 0.203 e. The molecule has 1 heterocycles. The molecule has 0 saturated carbocycles. The fourth-order valence-corrected chi connectivity index (χ4v) is 1.87. The Balaban J connectivity index is 2.42. The van der Waals surface area contributed by atoms with E-state index in [9.17, 15) is 4.79 Å². The van der Waals surface area contributed by atoms with E-state index in [0.717, 1.165) is 11.3 Å². The van der Waals surface area contributed by atoms with Crippen LogP contribution in [-0.4, -0.2) is 10.4 Å². The largest absolute Gasteiger partial charge is 0.492 e. The van der Waals surface area contributed by atoms with Gasteiger partial charge in [0.05, 0.1) is 5.92 Å². The molecule has 0 aliphatic carbocycles. The van der Waals surface area contributed by atoms with Gasteiger partial charge in [0.1, 0.15) is 12.4 Å². The molecule has 2 nitrogen and oxygen atoms in total. The molecule has 1 aromatic carbocycles. The average Bonchev–Trinajstić information content (AvgIpc) is 2.47. The minimum Gasteiger partial charge on any atom is -0.492 e. The van der Waals surface area contributed by atoms with Crippen molar-refractivity contribution in [3.05, 3.63) is 29.8 Å². The van der Waals surface area contributed by atoms with Gasteiger partial charge in [-0.3, -0.25) is 4.79 Å². The van der Waals surface area contributed by atoms with E-state index < -0.39 is 0 Å². The van der Waals surface area contributed by atoms with Crippen LogP contribution in [0.3, 0.4) is 0 Å². The first-order valence-electron chi connectivity index (χ1n) is 3.70. The van der Waals surface area contributed by atoms with Crippen molar-refractivity contribution in [3.8, 4) is 5.75 Å². The summed E-state index contributed by atoms with van der Waals surface area (Å²) in [6, 6.07) is 7.69. The third-order valence-corrected chi connectivity index (χ3v) is 2.73. The van der Waals surface area contributed by atoms with Crippen molar-refractivity contribution in [1.29, 1.82) is 0 Å². The highest BCUT2D eigenvalue weighted by atomic mass is 127. The number of fused-ring (bicyclic) bond motifs is 1. The van der Waals surface area contributed by atoms with Crippen LogP contribution in [0.5, 0.6) is 5.75 Å². The fourth-order valence-electron chi connectivity index (χ4n) is 1.35. The lowest BCUT2D eigenvalue weighted by Crippen LogP contribution is -2.06. The summed E-state index contributed by atoms with van der Waals surface area (Å²) in [7, 11) is 0. The maximum atomic E-state index is 11.1. The maximum absolute atomic E-state index is 11.1. The van der Waals surface area contributed by atoms with E-state index in [4.69, 9.17) is 4.74 Å². The molecule has 0 spiro atoms. The molecular weight excluding hydrogens is 267 g/mol. The Bertz CT molecular complexity index is 322. The van der Waals surface area contributed by atoms with Crippen molar-refractivity contribution < 1.29 is 9.53 Å². The van der Waals surface area contributed by atoms with E-state index >= 15 is 0 Å². The molecule has 0 amide bonds. The van der Waals surface area contributed by atoms with Gasteiger partial charge in [0.15, 0.2) is 0 Å². The van der Waals surface area contributed by atoms with E-state index in [1.165, 1.54) is 0 Å². The van der Waals surface area contributed by atoms with E-state index in [2.05, 4.69) is 0 Å². The van der Waals surface area contributed by atoms with E-state index in [1.807, 2.05) is 46.9 Å². The standard InChI is InChI=1S/C9H7IO2/c10-9(11)7-5-12-8-4-2-1-3-6(7)8/h1-4,7H,5H2. The van der Waals surface area contributed by atoms with Crippen molar-refractivity contribution in [2.24, 2.45) is 0 Å². The predicted octanol–water partition coefficient (Wildman–Crippen LogP) is 2.12. The van der Waals surface area contributed by atoms with Crippen LogP contribution in [-0.2, 0) is 4.79 Å². The van der Waals surface area contributed by atoms with Crippen molar-refractivity contribution in [2.75, 3.05) is 6.61 Å². The number of carbonyl (C=O) groups excluding carboxylic acids is 1. The highest BCUT2D eigenvalue weighted by molar-refractivity contribution is 14.1. The van der Waals surface area contributed by atoms with Crippen LogP contribution in [0.1, 0.15) is 11.5 Å². The summed E-state index contributed by atoms with van der Waals surface area (Å²) >= 11 is 1.82. The third kappa shape index (κ3) is 1.22. The highest BCUT2D eigenvalue weighted by Gasteiger charge is 2.27. The van der Waals surface area contributed by atoms with Crippen LogP contribution in [0, 0.1) is 0 Å². The lowest BCUT2D eigenvalue weighted by atomic mass is 10.0. The molecule has 0 N–H and O–H groups in total. The molecule has 1 atom stereocenters. The molecule has 3 heteroatoms. The predicted molar refractivity (Wildman–Crippen MR) is 53.7 cm³/mol. The zero-order valence-corrected chi connectivity index (χ0v) is 8.45. The molecular formula is C9H7IO2. The zero-order valence-electron chi connectivity index (χ0n) is 6.29. The van der Waals surface area contributed by atoms with Crippen molar-refractivity contribution in [2.45, 2.75) is 5.92 Å². The summed E-state index contributed by atoms with van der Waals surface area (Å²) < 4.78 is 5.50. The minimum atomic E-state index is -0.0539. The molecule has 2 rings (SSSR count). The van der Waals surface area contributed by atoms with Crippen molar-refractivity contribution in [3.63, 3.8) is 0 Å². The SMILES string of the molecule is O=C(I)C1COc2ccccc21. The monoisotopic (exact) mass is 274 g/mol. The molecule has 0 saturated heterocycles. The number of para-hydroxylation sites is 1. The smallest absolute Gasteiger partial charge is 0.203 e. The third-order valence-electron chi connectivity index (χ3n) is 1.97.